The van der Waals surface area contributed by atoms with Crippen molar-refractivity contribution >= 4 is 0 Å². The molecule has 0 saturated carbocycles. The van der Waals surface area contributed by atoms with Gasteiger partial charge in [-0.2, -0.15) is 0 Å². The van der Waals surface area contributed by atoms with Crippen LogP contribution in [-0.2, 0) is 12.0 Å². The van der Waals surface area contributed by atoms with Gasteiger partial charge in [-0.25, -0.2) is 0 Å². The lowest BCUT2D eigenvalue weighted by atomic mass is 9.74. The number of ether oxygens (including phenoxy) is 1. The maximum absolute atomic E-state index is 5.97. The molecule has 2 heteroatoms. The van der Waals surface area contributed by atoms with Crippen LogP contribution >= 0.6 is 0 Å². The molecule has 0 aliphatic carbocycles. The normalized spacial score (nSPS) is 24.3. The molecule has 4 rings (SSSR count). The van der Waals surface area contributed by atoms with Crippen LogP contribution < -0.4 is 4.74 Å². The van der Waals surface area contributed by atoms with Crippen molar-refractivity contribution in [2.75, 3.05) is 19.7 Å². The molecule has 1 spiro atoms. The monoisotopic (exact) mass is 291 g/mol. The zero-order valence-electron chi connectivity index (χ0n) is 12.8. The number of hydrogen-bond acceptors (Lipinski definition) is 2. The van der Waals surface area contributed by atoms with Gasteiger partial charge in [-0.1, -0.05) is 60.7 Å². The lowest BCUT2D eigenvalue weighted by molar-refractivity contribution is 0.147. The largest absolute Gasteiger partial charge is 0.492 e. The van der Waals surface area contributed by atoms with Gasteiger partial charge in [-0.15, -0.1) is 0 Å². The van der Waals surface area contributed by atoms with E-state index in [1.54, 1.807) is 0 Å². The fourth-order valence-corrected chi connectivity index (χ4v) is 3.95. The summed E-state index contributed by atoms with van der Waals surface area (Å²) in [6.07, 6.45) is 1.04. The maximum Gasteiger partial charge on any atom is 0.123 e. The van der Waals surface area contributed by atoms with Crippen LogP contribution in [0.4, 0.5) is 0 Å². The van der Waals surface area contributed by atoms with Gasteiger partial charge in [0.05, 0.1) is 6.61 Å². The van der Waals surface area contributed by atoms with E-state index in [-0.39, 0.29) is 5.41 Å². The molecule has 112 valence electrons. The highest BCUT2D eigenvalue weighted by Gasteiger charge is 2.44. The number of fused-ring (bicyclic) bond motifs is 2. The Morgan fingerprint density at radius 3 is 2.68 bits per heavy atom. The first-order valence-electron chi connectivity index (χ1n) is 7.90. The molecule has 0 aromatic heterocycles. The Balaban J connectivity index is 1.62. The zero-order chi connectivity index (χ0) is 15.0. The topological polar surface area (TPSA) is 12.5 Å². The SMILES string of the molecule is C=C1CN(Cc2ccccc2)CC2(COc3ccccc32)C1. The van der Waals surface area contributed by atoms with E-state index in [0.717, 1.165) is 38.4 Å². The van der Waals surface area contributed by atoms with Crippen molar-refractivity contribution in [1.29, 1.82) is 0 Å². The average Bonchev–Trinajstić information content (AvgIpc) is 2.86. The summed E-state index contributed by atoms with van der Waals surface area (Å²) in [5.74, 6) is 1.05. The third-order valence-electron chi connectivity index (χ3n) is 4.77. The van der Waals surface area contributed by atoms with Crippen LogP contribution in [0.15, 0.2) is 66.7 Å². The Hall–Kier alpha value is -2.06. The second-order valence-electron chi connectivity index (χ2n) is 6.62. The van der Waals surface area contributed by atoms with E-state index < -0.39 is 0 Å². The summed E-state index contributed by atoms with van der Waals surface area (Å²) in [4.78, 5) is 2.51. The highest BCUT2D eigenvalue weighted by molar-refractivity contribution is 5.45. The van der Waals surface area contributed by atoms with Gasteiger partial charge < -0.3 is 4.74 Å². The second-order valence-corrected chi connectivity index (χ2v) is 6.62. The third-order valence-corrected chi connectivity index (χ3v) is 4.77. The molecule has 22 heavy (non-hydrogen) atoms. The number of benzene rings is 2. The van der Waals surface area contributed by atoms with E-state index in [1.165, 1.54) is 16.7 Å². The molecule has 1 saturated heterocycles. The Labute approximate surface area is 132 Å². The number of para-hydroxylation sites is 1. The van der Waals surface area contributed by atoms with E-state index >= 15 is 0 Å². The molecule has 2 aliphatic heterocycles. The van der Waals surface area contributed by atoms with Crippen molar-refractivity contribution in [2.45, 2.75) is 18.4 Å². The summed E-state index contributed by atoms with van der Waals surface area (Å²) in [6.45, 7) is 8.08. The molecule has 2 aromatic carbocycles. The average molecular weight is 291 g/mol. The van der Waals surface area contributed by atoms with Gasteiger partial charge in [0.2, 0.25) is 0 Å². The van der Waals surface area contributed by atoms with Crippen molar-refractivity contribution < 1.29 is 4.74 Å². The summed E-state index contributed by atoms with van der Waals surface area (Å²) in [6, 6.07) is 19.2. The Morgan fingerprint density at radius 1 is 1.05 bits per heavy atom. The number of hydrogen-bond donors (Lipinski definition) is 0. The van der Waals surface area contributed by atoms with Crippen LogP contribution in [0.25, 0.3) is 0 Å². The predicted octanol–water partition coefficient (Wildman–Crippen LogP) is 3.78. The highest BCUT2D eigenvalue weighted by atomic mass is 16.5. The second kappa shape index (κ2) is 5.29. The van der Waals surface area contributed by atoms with Crippen LogP contribution in [0.5, 0.6) is 5.75 Å². The smallest absolute Gasteiger partial charge is 0.123 e. The number of likely N-dealkylation sites (tertiary alicyclic amines) is 1. The molecule has 2 aliphatic rings. The molecule has 1 unspecified atom stereocenters. The molecule has 2 aromatic rings. The maximum atomic E-state index is 5.97. The molecule has 0 amide bonds. The van der Waals surface area contributed by atoms with E-state index in [9.17, 15) is 0 Å². The fourth-order valence-electron chi connectivity index (χ4n) is 3.95. The van der Waals surface area contributed by atoms with Crippen LogP contribution in [0.2, 0.25) is 0 Å². The van der Waals surface area contributed by atoms with Gasteiger partial charge >= 0.3 is 0 Å². The number of nitrogens with zero attached hydrogens (tertiary/aromatic N) is 1. The van der Waals surface area contributed by atoms with Gasteiger partial charge in [0, 0.05) is 30.6 Å². The molecule has 1 fully saturated rings. The summed E-state index contributed by atoms with van der Waals surface area (Å²) in [7, 11) is 0. The van der Waals surface area contributed by atoms with Gasteiger partial charge in [0.25, 0.3) is 0 Å². The molecular weight excluding hydrogens is 270 g/mol. The minimum Gasteiger partial charge on any atom is -0.492 e. The van der Waals surface area contributed by atoms with Crippen molar-refractivity contribution in [3.63, 3.8) is 0 Å². The Kier molecular flexibility index (Phi) is 3.27. The van der Waals surface area contributed by atoms with E-state index in [0.29, 0.717) is 0 Å². The summed E-state index contributed by atoms with van der Waals surface area (Å²) in [5, 5.41) is 0. The minimum atomic E-state index is 0.0840. The lowest BCUT2D eigenvalue weighted by Gasteiger charge is -2.40. The molecule has 1 atom stereocenters. The van der Waals surface area contributed by atoms with Crippen molar-refractivity contribution in [3.05, 3.63) is 77.9 Å². The lowest BCUT2D eigenvalue weighted by Crippen LogP contribution is -2.47. The fraction of sp³-hybridized carbons (Fsp3) is 0.300. The first-order valence-corrected chi connectivity index (χ1v) is 7.90. The first kappa shape index (κ1) is 13.6. The highest BCUT2D eigenvalue weighted by Crippen LogP contribution is 2.45. The van der Waals surface area contributed by atoms with E-state index in [2.05, 4.69) is 66.1 Å². The third kappa shape index (κ3) is 2.34. The molecule has 0 bridgehead atoms. The standard InChI is InChI=1S/C20H21NO/c1-16-11-20(15-22-19-10-6-5-9-18(19)20)14-21(12-16)13-17-7-3-2-4-8-17/h2-10H,1,11-15H2. The number of rotatable bonds is 2. The van der Waals surface area contributed by atoms with Crippen LogP contribution in [0.1, 0.15) is 17.5 Å². The van der Waals surface area contributed by atoms with Gasteiger partial charge in [0.15, 0.2) is 0 Å². The summed E-state index contributed by atoms with van der Waals surface area (Å²) < 4.78 is 5.97. The van der Waals surface area contributed by atoms with Crippen molar-refractivity contribution in [1.82, 2.24) is 4.90 Å². The summed E-state index contributed by atoms with van der Waals surface area (Å²) >= 11 is 0. The zero-order valence-corrected chi connectivity index (χ0v) is 12.8. The van der Waals surface area contributed by atoms with Crippen molar-refractivity contribution in [2.24, 2.45) is 0 Å². The van der Waals surface area contributed by atoms with Crippen LogP contribution in [0.3, 0.4) is 0 Å². The van der Waals surface area contributed by atoms with Crippen LogP contribution in [-0.4, -0.2) is 24.6 Å². The van der Waals surface area contributed by atoms with Crippen molar-refractivity contribution in [3.8, 4) is 5.75 Å². The molecule has 2 nitrogen and oxygen atoms in total. The Bertz CT molecular complexity index is 694. The number of piperidine rings is 1. The molecule has 0 N–H and O–H groups in total. The molecule has 2 heterocycles. The van der Waals surface area contributed by atoms with Gasteiger partial charge in [-0.05, 0) is 18.1 Å². The first-order chi connectivity index (χ1) is 10.8. The quantitative estimate of drug-likeness (QED) is 0.781. The minimum absolute atomic E-state index is 0.0840. The van der Waals surface area contributed by atoms with Gasteiger partial charge in [-0.3, -0.25) is 4.90 Å². The van der Waals surface area contributed by atoms with E-state index in [1.807, 2.05) is 0 Å². The Morgan fingerprint density at radius 2 is 1.82 bits per heavy atom. The van der Waals surface area contributed by atoms with E-state index in [4.69, 9.17) is 4.74 Å². The molecular formula is C20H21NO. The van der Waals surface area contributed by atoms with Gasteiger partial charge in [0.1, 0.15) is 5.75 Å². The molecule has 0 radical (unpaired) electrons. The predicted molar refractivity (Wildman–Crippen MR) is 89.1 cm³/mol. The summed E-state index contributed by atoms with van der Waals surface area (Å²) in [5.41, 5.74) is 4.11. The van der Waals surface area contributed by atoms with Crippen LogP contribution in [0, 0.1) is 0 Å².